The minimum Gasteiger partial charge on any atom is -0.465 e. The van der Waals surface area contributed by atoms with E-state index in [4.69, 9.17) is 10.5 Å². The van der Waals surface area contributed by atoms with Crippen LogP contribution in [-0.2, 0) is 9.53 Å². The predicted molar refractivity (Wildman–Crippen MR) is 72.4 cm³/mol. The maximum absolute atomic E-state index is 11.4. The van der Waals surface area contributed by atoms with Gasteiger partial charge in [0.05, 0.1) is 6.61 Å². The number of esters is 1. The molecule has 1 heterocycles. The number of nitrogens with two attached hydrogens (primary N) is 1. The third-order valence-electron chi connectivity index (χ3n) is 3.61. The molecule has 0 aliphatic carbocycles. The molecule has 1 aliphatic heterocycles. The van der Waals surface area contributed by atoms with Crippen molar-refractivity contribution in [1.82, 2.24) is 9.80 Å². The van der Waals surface area contributed by atoms with Crippen molar-refractivity contribution in [3.63, 3.8) is 0 Å². The molecule has 106 valence electrons. The lowest BCUT2D eigenvalue weighted by atomic mass is 10.2. The van der Waals surface area contributed by atoms with E-state index in [2.05, 4.69) is 23.9 Å². The first-order valence-corrected chi connectivity index (χ1v) is 6.85. The summed E-state index contributed by atoms with van der Waals surface area (Å²) in [5.74, 6) is -0.288. The Hall–Kier alpha value is -0.650. The van der Waals surface area contributed by atoms with Crippen LogP contribution in [0.5, 0.6) is 0 Å². The highest BCUT2D eigenvalue weighted by Gasteiger charge is 2.22. The van der Waals surface area contributed by atoms with Crippen molar-refractivity contribution in [2.45, 2.75) is 38.3 Å². The van der Waals surface area contributed by atoms with Gasteiger partial charge >= 0.3 is 5.97 Å². The van der Waals surface area contributed by atoms with Crippen LogP contribution >= 0.6 is 0 Å². The molecule has 1 fully saturated rings. The Morgan fingerprint density at radius 1 is 1.61 bits per heavy atom. The number of nitrogens with zero attached hydrogens (tertiary/aromatic N) is 2. The predicted octanol–water partition coefficient (Wildman–Crippen LogP) is 0.293. The normalized spacial score (nSPS) is 22.4. The Kier molecular flexibility index (Phi) is 6.60. The van der Waals surface area contributed by atoms with Crippen LogP contribution in [0.25, 0.3) is 0 Å². The van der Waals surface area contributed by atoms with Crippen LogP contribution in [0.15, 0.2) is 0 Å². The SMILES string of the molecule is CCOC(=O)C(N)CCN(C)CC1CCCN1C. The van der Waals surface area contributed by atoms with Crippen LogP contribution in [0.3, 0.4) is 0 Å². The molecule has 2 atom stereocenters. The van der Waals surface area contributed by atoms with Gasteiger partial charge in [0.25, 0.3) is 0 Å². The molecule has 0 aromatic rings. The van der Waals surface area contributed by atoms with E-state index in [0.717, 1.165) is 13.1 Å². The van der Waals surface area contributed by atoms with Gasteiger partial charge in [0.2, 0.25) is 0 Å². The molecule has 0 aromatic heterocycles. The zero-order valence-corrected chi connectivity index (χ0v) is 11.9. The second-order valence-electron chi connectivity index (χ2n) is 5.19. The van der Waals surface area contributed by atoms with E-state index in [1.165, 1.54) is 19.4 Å². The van der Waals surface area contributed by atoms with E-state index in [1.54, 1.807) is 6.92 Å². The summed E-state index contributed by atoms with van der Waals surface area (Å²) in [7, 11) is 4.26. The van der Waals surface area contributed by atoms with E-state index >= 15 is 0 Å². The molecule has 0 radical (unpaired) electrons. The van der Waals surface area contributed by atoms with E-state index in [1.807, 2.05) is 0 Å². The molecular weight excluding hydrogens is 230 g/mol. The molecule has 2 unspecified atom stereocenters. The average Bonchev–Trinajstić information content (AvgIpc) is 2.72. The largest absolute Gasteiger partial charge is 0.465 e. The first-order chi connectivity index (χ1) is 8.54. The maximum atomic E-state index is 11.4. The lowest BCUT2D eigenvalue weighted by molar-refractivity contribution is -0.144. The van der Waals surface area contributed by atoms with Gasteiger partial charge in [-0.3, -0.25) is 4.79 Å². The number of likely N-dealkylation sites (N-methyl/N-ethyl adjacent to an activating group) is 2. The summed E-state index contributed by atoms with van der Waals surface area (Å²) >= 11 is 0. The molecule has 1 saturated heterocycles. The highest BCUT2D eigenvalue weighted by molar-refractivity contribution is 5.75. The van der Waals surface area contributed by atoms with Crippen molar-refractivity contribution >= 4 is 5.97 Å². The standard InChI is InChI=1S/C13H27N3O2/c1-4-18-13(17)12(14)7-9-15(2)10-11-6-5-8-16(11)3/h11-12H,4-10,14H2,1-3H3. The Morgan fingerprint density at radius 2 is 2.33 bits per heavy atom. The number of carbonyl (C=O) groups excluding carboxylic acids is 1. The molecule has 0 aromatic carbocycles. The molecule has 0 bridgehead atoms. The molecule has 18 heavy (non-hydrogen) atoms. The first kappa shape index (κ1) is 15.4. The van der Waals surface area contributed by atoms with Gasteiger partial charge in [-0.1, -0.05) is 0 Å². The first-order valence-electron chi connectivity index (χ1n) is 6.85. The third kappa shape index (κ3) is 4.92. The molecule has 5 nitrogen and oxygen atoms in total. The van der Waals surface area contributed by atoms with E-state index in [-0.39, 0.29) is 5.97 Å². The van der Waals surface area contributed by atoms with Crippen LogP contribution in [-0.4, -0.2) is 68.2 Å². The molecule has 1 aliphatic rings. The topological polar surface area (TPSA) is 58.8 Å². The molecule has 0 saturated carbocycles. The van der Waals surface area contributed by atoms with Crippen molar-refractivity contribution in [3.05, 3.63) is 0 Å². The average molecular weight is 257 g/mol. The number of likely N-dealkylation sites (tertiary alicyclic amines) is 1. The van der Waals surface area contributed by atoms with Gasteiger partial charge in [0.15, 0.2) is 0 Å². The van der Waals surface area contributed by atoms with Gasteiger partial charge in [-0.05, 0) is 53.4 Å². The quantitative estimate of drug-likeness (QED) is 0.665. The lowest BCUT2D eigenvalue weighted by Crippen LogP contribution is -2.40. The molecule has 2 N–H and O–H groups in total. The number of hydrogen-bond donors (Lipinski definition) is 1. The summed E-state index contributed by atoms with van der Waals surface area (Å²) in [6.45, 7) is 5.28. The van der Waals surface area contributed by atoms with E-state index in [0.29, 0.717) is 19.1 Å². The molecule has 1 rings (SSSR count). The van der Waals surface area contributed by atoms with Crippen molar-refractivity contribution < 1.29 is 9.53 Å². The molecule has 0 amide bonds. The van der Waals surface area contributed by atoms with Gasteiger partial charge in [0, 0.05) is 12.6 Å². The Morgan fingerprint density at radius 3 is 2.89 bits per heavy atom. The van der Waals surface area contributed by atoms with E-state index in [9.17, 15) is 4.79 Å². The summed E-state index contributed by atoms with van der Waals surface area (Å²) in [4.78, 5) is 16.0. The van der Waals surface area contributed by atoms with Crippen molar-refractivity contribution in [3.8, 4) is 0 Å². The summed E-state index contributed by atoms with van der Waals surface area (Å²) in [6, 6.07) is 0.155. The second-order valence-corrected chi connectivity index (χ2v) is 5.19. The fraction of sp³-hybridized carbons (Fsp3) is 0.923. The van der Waals surface area contributed by atoms with Crippen LogP contribution < -0.4 is 5.73 Å². The Bertz CT molecular complexity index is 261. The van der Waals surface area contributed by atoms with Gasteiger partial charge in [-0.15, -0.1) is 0 Å². The zero-order valence-electron chi connectivity index (χ0n) is 11.9. The third-order valence-corrected chi connectivity index (χ3v) is 3.61. The van der Waals surface area contributed by atoms with Crippen LogP contribution in [0.4, 0.5) is 0 Å². The van der Waals surface area contributed by atoms with Gasteiger partial charge in [-0.25, -0.2) is 0 Å². The lowest BCUT2D eigenvalue weighted by Gasteiger charge is -2.26. The van der Waals surface area contributed by atoms with Crippen molar-refractivity contribution in [2.75, 3.05) is 40.3 Å². The fourth-order valence-electron chi connectivity index (χ4n) is 2.39. The maximum Gasteiger partial charge on any atom is 0.322 e. The zero-order chi connectivity index (χ0) is 13.5. The van der Waals surface area contributed by atoms with E-state index < -0.39 is 6.04 Å². The highest BCUT2D eigenvalue weighted by Crippen LogP contribution is 2.15. The summed E-state index contributed by atoms with van der Waals surface area (Å²) in [5.41, 5.74) is 5.78. The monoisotopic (exact) mass is 257 g/mol. The Labute approximate surface area is 110 Å². The van der Waals surface area contributed by atoms with Gasteiger partial charge in [0.1, 0.15) is 6.04 Å². The van der Waals surface area contributed by atoms with Gasteiger partial charge < -0.3 is 20.3 Å². The fourth-order valence-corrected chi connectivity index (χ4v) is 2.39. The van der Waals surface area contributed by atoms with Crippen molar-refractivity contribution in [1.29, 1.82) is 0 Å². The summed E-state index contributed by atoms with van der Waals surface area (Å²) in [5, 5.41) is 0. The minimum absolute atomic E-state index is 0.288. The summed E-state index contributed by atoms with van der Waals surface area (Å²) < 4.78 is 4.90. The number of rotatable bonds is 7. The summed E-state index contributed by atoms with van der Waals surface area (Å²) in [6.07, 6.45) is 3.22. The number of carbonyl (C=O) groups is 1. The molecule has 5 heteroatoms. The number of hydrogen-bond acceptors (Lipinski definition) is 5. The van der Waals surface area contributed by atoms with Crippen LogP contribution in [0.2, 0.25) is 0 Å². The molecular formula is C13H27N3O2. The number of ether oxygens (including phenoxy) is 1. The van der Waals surface area contributed by atoms with Crippen molar-refractivity contribution in [2.24, 2.45) is 5.73 Å². The Balaban J connectivity index is 2.20. The minimum atomic E-state index is -0.492. The smallest absolute Gasteiger partial charge is 0.322 e. The van der Waals surface area contributed by atoms with Gasteiger partial charge in [-0.2, -0.15) is 0 Å². The second kappa shape index (κ2) is 7.71. The highest BCUT2D eigenvalue weighted by atomic mass is 16.5. The van der Waals surface area contributed by atoms with Crippen LogP contribution in [0.1, 0.15) is 26.2 Å². The van der Waals surface area contributed by atoms with Crippen LogP contribution in [0, 0.1) is 0 Å². The molecule has 0 spiro atoms.